The Morgan fingerprint density at radius 1 is 1.09 bits per heavy atom. The molecule has 0 bridgehead atoms. The number of carboxylic acid groups (broad SMARTS) is 1. The van der Waals surface area contributed by atoms with Crippen molar-refractivity contribution in [2.24, 2.45) is 7.05 Å². The second-order valence-corrected chi connectivity index (χ2v) is 10.7. The number of aromatic nitrogens is 1. The van der Waals surface area contributed by atoms with E-state index in [1.807, 2.05) is 35.9 Å². The van der Waals surface area contributed by atoms with Gasteiger partial charge in [-0.2, -0.15) is 17.9 Å². The van der Waals surface area contributed by atoms with Crippen LogP contribution in [0.1, 0.15) is 11.1 Å². The first-order valence-corrected chi connectivity index (χ1v) is 12.3. The van der Waals surface area contributed by atoms with E-state index in [4.69, 9.17) is 0 Å². The lowest BCUT2D eigenvalue weighted by molar-refractivity contribution is -0.139. The lowest BCUT2D eigenvalue weighted by atomic mass is 10.1. The van der Waals surface area contributed by atoms with E-state index in [-0.39, 0.29) is 10.6 Å². The second-order valence-electron chi connectivity index (χ2n) is 7.69. The molecule has 2 heterocycles. The van der Waals surface area contributed by atoms with Gasteiger partial charge in [0.2, 0.25) is 0 Å². The number of thiophene rings is 1. The Morgan fingerprint density at radius 2 is 1.76 bits per heavy atom. The summed E-state index contributed by atoms with van der Waals surface area (Å²) in [7, 11) is -2.37. The Hall–Kier alpha value is -3.15. The summed E-state index contributed by atoms with van der Waals surface area (Å²) in [5.41, 5.74) is 1.19. The number of halogens is 3. The van der Waals surface area contributed by atoms with Crippen LogP contribution in [0.15, 0.2) is 71.1 Å². The smallest absolute Gasteiger partial charge is 0.416 e. The number of aliphatic carboxylic acids is 1. The zero-order chi connectivity index (χ0) is 24.7. The molecule has 6 nitrogen and oxygen atoms in total. The van der Waals surface area contributed by atoms with Gasteiger partial charge in [0.1, 0.15) is 10.3 Å². The fourth-order valence-corrected chi connectivity index (χ4v) is 6.19. The van der Waals surface area contributed by atoms with E-state index in [9.17, 15) is 31.5 Å². The summed E-state index contributed by atoms with van der Waals surface area (Å²) >= 11 is 0.844. The lowest BCUT2D eigenvalue weighted by Crippen LogP contribution is -2.42. The average molecular weight is 509 g/mol. The zero-order valence-corrected chi connectivity index (χ0v) is 19.3. The van der Waals surface area contributed by atoms with Crippen LogP contribution < -0.4 is 4.72 Å². The quantitative estimate of drug-likeness (QED) is 0.372. The number of benzene rings is 2. The highest BCUT2D eigenvalue weighted by atomic mass is 32.2. The molecule has 0 aliphatic carbocycles. The predicted octanol–water partition coefficient (Wildman–Crippen LogP) is 4.90. The molecule has 0 saturated carbocycles. The summed E-state index contributed by atoms with van der Waals surface area (Å²) in [6.07, 6.45) is -2.77. The highest BCUT2D eigenvalue weighted by Crippen LogP contribution is 2.34. The highest BCUT2D eigenvalue weighted by molar-refractivity contribution is 7.91. The SMILES string of the molecule is Cn1cc(C[C@@H](NS(=O)(=O)c2ccc(-c3ccc(C(F)(F)F)cc3)s2)C(=O)O)c2ccccc21. The van der Waals surface area contributed by atoms with E-state index in [0.717, 1.165) is 34.4 Å². The number of alkyl halides is 3. The van der Waals surface area contributed by atoms with Gasteiger partial charge < -0.3 is 9.67 Å². The van der Waals surface area contributed by atoms with Crippen molar-refractivity contribution in [3.8, 4) is 10.4 Å². The van der Waals surface area contributed by atoms with Crippen LogP contribution in [0.3, 0.4) is 0 Å². The Bertz CT molecular complexity index is 1460. The number of hydrogen-bond acceptors (Lipinski definition) is 4. The minimum atomic E-state index is -4.47. The molecule has 0 fully saturated rings. The maximum atomic E-state index is 12.9. The highest BCUT2D eigenvalue weighted by Gasteiger charge is 2.30. The van der Waals surface area contributed by atoms with E-state index < -0.39 is 33.8 Å². The van der Waals surface area contributed by atoms with Crippen LogP contribution in [0, 0.1) is 0 Å². The van der Waals surface area contributed by atoms with Gasteiger partial charge in [0.05, 0.1) is 5.56 Å². The van der Waals surface area contributed by atoms with Gasteiger partial charge in [0.15, 0.2) is 0 Å². The number of aryl methyl sites for hydroxylation is 1. The lowest BCUT2D eigenvalue weighted by Gasteiger charge is -2.14. The molecule has 2 aromatic heterocycles. The molecule has 0 aliphatic heterocycles. The number of nitrogens with zero attached hydrogens (tertiary/aromatic N) is 1. The average Bonchev–Trinajstić information content (AvgIpc) is 3.39. The first kappa shape index (κ1) is 24.0. The Balaban J connectivity index is 1.56. The second kappa shape index (κ2) is 8.90. The maximum absolute atomic E-state index is 12.9. The van der Waals surface area contributed by atoms with Crippen LogP contribution in [0.4, 0.5) is 13.2 Å². The molecule has 11 heteroatoms. The molecule has 0 saturated heterocycles. The van der Waals surface area contributed by atoms with Crippen molar-refractivity contribution >= 4 is 38.2 Å². The third-order valence-electron chi connectivity index (χ3n) is 5.34. The Labute approximate surface area is 197 Å². The first-order valence-electron chi connectivity index (χ1n) is 10.0. The van der Waals surface area contributed by atoms with Crippen molar-refractivity contribution in [3.63, 3.8) is 0 Å². The van der Waals surface area contributed by atoms with Crippen molar-refractivity contribution in [1.29, 1.82) is 0 Å². The molecule has 0 aliphatic rings. The van der Waals surface area contributed by atoms with Crippen LogP contribution >= 0.6 is 11.3 Å². The first-order chi connectivity index (χ1) is 16.0. The van der Waals surface area contributed by atoms with Crippen molar-refractivity contribution in [2.45, 2.75) is 22.8 Å². The normalized spacial score (nSPS) is 13.3. The number of carbonyl (C=O) groups is 1. The zero-order valence-electron chi connectivity index (χ0n) is 17.7. The summed E-state index contributed by atoms with van der Waals surface area (Å²) in [4.78, 5) is 12.3. The van der Waals surface area contributed by atoms with Gasteiger partial charge in [-0.05, 0) is 41.5 Å². The van der Waals surface area contributed by atoms with Gasteiger partial charge in [-0.3, -0.25) is 4.79 Å². The van der Waals surface area contributed by atoms with Crippen molar-refractivity contribution < 1.29 is 31.5 Å². The van der Waals surface area contributed by atoms with E-state index in [1.165, 1.54) is 24.3 Å². The number of para-hydroxylation sites is 1. The number of nitrogens with one attached hydrogen (secondary N) is 1. The Morgan fingerprint density at radius 3 is 2.41 bits per heavy atom. The summed E-state index contributed by atoms with van der Waals surface area (Å²) < 4.78 is 68.1. The number of carboxylic acids is 1. The number of rotatable bonds is 7. The summed E-state index contributed by atoms with van der Waals surface area (Å²) in [6, 6.07) is 13.1. The molecule has 34 heavy (non-hydrogen) atoms. The van der Waals surface area contributed by atoms with Gasteiger partial charge in [0.25, 0.3) is 10.0 Å². The minimum absolute atomic E-state index is 0.0624. The van der Waals surface area contributed by atoms with Gasteiger partial charge >= 0.3 is 12.1 Å². The summed E-state index contributed by atoms with van der Waals surface area (Å²) in [5, 5.41) is 10.5. The topological polar surface area (TPSA) is 88.4 Å². The van der Waals surface area contributed by atoms with E-state index in [1.54, 1.807) is 6.20 Å². The molecule has 0 amide bonds. The van der Waals surface area contributed by atoms with Crippen LogP contribution in [0.2, 0.25) is 0 Å². The molecule has 0 unspecified atom stereocenters. The molecule has 178 valence electrons. The molecule has 4 rings (SSSR count). The van der Waals surface area contributed by atoms with Crippen LogP contribution in [0.5, 0.6) is 0 Å². The maximum Gasteiger partial charge on any atom is 0.416 e. The Kier molecular flexibility index (Phi) is 6.28. The van der Waals surface area contributed by atoms with Gasteiger partial charge in [0, 0.05) is 35.4 Å². The molecule has 2 N–H and O–H groups in total. The van der Waals surface area contributed by atoms with Crippen LogP contribution in [0.25, 0.3) is 21.3 Å². The molecule has 1 atom stereocenters. The fraction of sp³-hybridized carbons (Fsp3) is 0.174. The number of sulfonamides is 1. The fourth-order valence-electron chi connectivity index (χ4n) is 3.68. The van der Waals surface area contributed by atoms with E-state index in [2.05, 4.69) is 4.72 Å². The number of hydrogen-bond donors (Lipinski definition) is 2. The molecule has 4 aromatic rings. The number of fused-ring (bicyclic) bond motifs is 1. The van der Waals surface area contributed by atoms with E-state index in [0.29, 0.717) is 16.0 Å². The monoisotopic (exact) mass is 508 g/mol. The molecular weight excluding hydrogens is 489 g/mol. The molecule has 2 aromatic carbocycles. The van der Waals surface area contributed by atoms with Crippen molar-refractivity contribution in [1.82, 2.24) is 9.29 Å². The van der Waals surface area contributed by atoms with Crippen LogP contribution in [-0.2, 0) is 34.5 Å². The van der Waals surface area contributed by atoms with E-state index >= 15 is 0 Å². The largest absolute Gasteiger partial charge is 0.480 e. The van der Waals surface area contributed by atoms with Crippen LogP contribution in [-0.4, -0.2) is 30.1 Å². The molecule has 0 spiro atoms. The molecular formula is C23H19F3N2O4S2. The van der Waals surface area contributed by atoms with Gasteiger partial charge in [-0.1, -0.05) is 30.3 Å². The van der Waals surface area contributed by atoms with Gasteiger partial charge in [-0.25, -0.2) is 8.42 Å². The summed E-state index contributed by atoms with van der Waals surface area (Å²) in [6.45, 7) is 0. The van der Waals surface area contributed by atoms with Gasteiger partial charge in [-0.15, -0.1) is 11.3 Å². The summed E-state index contributed by atoms with van der Waals surface area (Å²) in [5.74, 6) is -1.32. The molecule has 0 radical (unpaired) electrons. The minimum Gasteiger partial charge on any atom is -0.480 e. The third-order valence-corrected chi connectivity index (χ3v) is 8.44. The third kappa shape index (κ3) is 4.86. The van der Waals surface area contributed by atoms with Crippen molar-refractivity contribution in [3.05, 3.63) is 78.0 Å². The van der Waals surface area contributed by atoms with Crippen molar-refractivity contribution in [2.75, 3.05) is 0 Å². The predicted molar refractivity (Wildman–Crippen MR) is 123 cm³/mol. The standard InChI is InChI=1S/C23H19F3N2O4S2/c1-28-13-15(17-4-2-3-5-19(17)28)12-18(22(29)30)27-34(31,32)21-11-10-20(33-21)14-6-8-16(9-7-14)23(24,25)26/h2-11,13,18,27H,12H2,1H3,(H,29,30)/t18-/m1/s1.